The van der Waals surface area contributed by atoms with E-state index in [0.29, 0.717) is 18.4 Å². The molecule has 1 aliphatic rings. The molecule has 1 N–H and O–H groups in total. The minimum atomic E-state index is -1.05. The number of hydrogen-bond donors (Lipinski definition) is 1. The van der Waals surface area contributed by atoms with Crippen molar-refractivity contribution in [2.45, 2.75) is 24.7 Å². The number of aryl methyl sites for hydroxylation is 1. The van der Waals surface area contributed by atoms with Gasteiger partial charge in [0.15, 0.2) is 11.6 Å². The molecule has 0 heterocycles. The molecular formula is C17H14F2O2. The van der Waals surface area contributed by atoms with E-state index >= 15 is 0 Å². The van der Waals surface area contributed by atoms with Gasteiger partial charge in [-0.3, -0.25) is 4.79 Å². The Morgan fingerprint density at radius 3 is 2.62 bits per heavy atom. The third-order valence-corrected chi connectivity index (χ3v) is 4.25. The third-order valence-electron chi connectivity index (χ3n) is 4.25. The molecule has 1 aliphatic carbocycles. The van der Waals surface area contributed by atoms with E-state index < -0.39 is 23.0 Å². The SMILES string of the molecule is O=C(O)C1(Cc2ccc(F)c(F)c2)CCc2ccccc21. The molecule has 0 radical (unpaired) electrons. The molecule has 2 aromatic carbocycles. The molecule has 0 fully saturated rings. The Labute approximate surface area is 121 Å². The Bertz CT molecular complexity index is 712. The summed E-state index contributed by atoms with van der Waals surface area (Å²) >= 11 is 0. The molecule has 0 aromatic heterocycles. The van der Waals surface area contributed by atoms with Gasteiger partial charge >= 0.3 is 5.97 Å². The smallest absolute Gasteiger partial charge is 0.314 e. The summed E-state index contributed by atoms with van der Waals surface area (Å²) in [7, 11) is 0. The second kappa shape index (κ2) is 4.95. The molecule has 0 amide bonds. The highest BCUT2D eigenvalue weighted by molar-refractivity contribution is 5.83. The summed E-state index contributed by atoms with van der Waals surface area (Å²) in [6.45, 7) is 0. The maximum Gasteiger partial charge on any atom is 0.314 e. The van der Waals surface area contributed by atoms with Crippen LogP contribution in [0.3, 0.4) is 0 Å². The largest absolute Gasteiger partial charge is 0.481 e. The average Bonchev–Trinajstić information content (AvgIpc) is 2.84. The molecule has 0 bridgehead atoms. The molecule has 0 saturated carbocycles. The van der Waals surface area contributed by atoms with Gasteiger partial charge in [0.1, 0.15) is 0 Å². The Balaban J connectivity index is 2.04. The van der Waals surface area contributed by atoms with Crippen molar-refractivity contribution in [3.63, 3.8) is 0 Å². The van der Waals surface area contributed by atoms with E-state index in [1.807, 2.05) is 24.3 Å². The Morgan fingerprint density at radius 2 is 1.90 bits per heavy atom. The minimum absolute atomic E-state index is 0.163. The van der Waals surface area contributed by atoms with Gasteiger partial charge in [0.05, 0.1) is 5.41 Å². The van der Waals surface area contributed by atoms with Crippen LogP contribution in [0.2, 0.25) is 0 Å². The summed E-state index contributed by atoms with van der Waals surface area (Å²) in [5.41, 5.74) is 1.23. The summed E-state index contributed by atoms with van der Waals surface area (Å²) in [5.74, 6) is -2.79. The number of hydrogen-bond acceptors (Lipinski definition) is 1. The first-order valence-electron chi connectivity index (χ1n) is 6.79. The van der Waals surface area contributed by atoms with Gasteiger partial charge in [-0.15, -0.1) is 0 Å². The van der Waals surface area contributed by atoms with Crippen molar-refractivity contribution in [1.82, 2.24) is 0 Å². The van der Waals surface area contributed by atoms with E-state index in [-0.39, 0.29) is 6.42 Å². The van der Waals surface area contributed by atoms with Crippen molar-refractivity contribution >= 4 is 5.97 Å². The van der Waals surface area contributed by atoms with Crippen molar-refractivity contribution in [1.29, 1.82) is 0 Å². The zero-order valence-electron chi connectivity index (χ0n) is 11.3. The predicted octanol–water partition coefficient (Wildman–Crippen LogP) is 3.48. The topological polar surface area (TPSA) is 37.3 Å². The lowest BCUT2D eigenvalue weighted by Crippen LogP contribution is -2.35. The summed E-state index contributed by atoms with van der Waals surface area (Å²) < 4.78 is 26.4. The van der Waals surface area contributed by atoms with Gasteiger partial charge in [-0.1, -0.05) is 30.3 Å². The van der Waals surface area contributed by atoms with Crippen molar-refractivity contribution in [2.75, 3.05) is 0 Å². The van der Waals surface area contributed by atoms with Crippen LogP contribution in [0.25, 0.3) is 0 Å². The minimum Gasteiger partial charge on any atom is -0.481 e. The molecule has 2 aromatic rings. The summed E-state index contributed by atoms with van der Waals surface area (Å²) in [6.07, 6.45) is 1.32. The van der Waals surface area contributed by atoms with E-state index in [9.17, 15) is 18.7 Å². The summed E-state index contributed by atoms with van der Waals surface area (Å²) in [6, 6.07) is 11.0. The van der Waals surface area contributed by atoms with E-state index in [4.69, 9.17) is 0 Å². The van der Waals surface area contributed by atoms with Gasteiger partial charge in [0.25, 0.3) is 0 Å². The average molecular weight is 288 g/mol. The van der Waals surface area contributed by atoms with Crippen LogP contribution < -0.4 is 0 Å². The van der Waals surface area contributed by atoms with Crippen LogP contribution in [0, 0.1) is 11.6 Å². The molecule has 21 heavy (non-hydrogen) atoms. The van der Waals surface area contributed by atoms with Crippen LogP contribution in [-0.2, 0) is 23.1 Å². The second-order valence-corrected chi connectivity index (χ2v) is 5.47. The van der Waals surface area contributed by atoms with Crippen LogP contribution in [0.1, 0.15) is 23.1 Å². The Morgan fingerprint density at radius 1 is 1.14 bits per heavy atom. The number of carboxylic acid groups (broad SMARTS) is 1. The molecule has 2 nitrogen and oxygen atoms in total. The van der Waals surface area contributed by atoms with E-state index in [1.165, 1.54) is 6.07 Å². The van der Waals surface area contributed by atoms with Crippen molar-refractivity contribution in [2.24, 2.45) is 0 Å². The monoisotopic (exact) mass is 288 g/mol. The van der Waals surface area contributed by atoms with Crippen LogP contribution in [0.5, 0.6) is 0 Å². The van der Waals surface area contributed by atoms with Crippen molar-refractivity contribution in [3.8, 4) is 0 Å². The quantitative estimate of drug-likeness (QED) is 0.939. The highest BCUT2D eigenvalue weighted by Gasteiger charge is 2.45. The van der Waals surface area contributed by atoms with E-state index in [1.54, 1.807) is 0 Å². The number of aliphatic carboxylic acids is 1. The lowest BCUT2D eigenvalue weighted by Gasteiger charge is -2.25. The number of halogens is 2. The van der Waals surface area contributed by atoms with Crippen LogP contribution in [-0.4, -0.2) is 11.1 Å². The zero-order valence-corrected chi connectivity index (χ0v) is 11.3. The molecule has 0 saturated heterocycles. The summed E-state index contributed by atoms with van der Waals surface area (Å²) in [5, 5.41) is 9.73. The highest BCUT2D eigenvalue weighted by Crippen LogP contribution is 2.41. The van der Waals surface area contributed by atoms with Gasteiger partial charge in [-0.05, 0) is 48.1 Å². The fourth-order valence-electron chi connectivity index (χ4n) is 3.17. The first-order valence-corrected chi connectivity index (χ1v) is 6.79. The fourth-order valence-corrected chi connectivity index (χ4v) is 3.17. The number of carbonyl (C=O) groups is 1. The second-order valence-electron chi connectivity index (χ2n) is 5.47. The lowest BCUT2D eigenvalue weighted by atomic mass is 9.76. The molecule has 4 heteroatoms. The number of benzene rings is 2. The number of carboxylic acids is 1. The fraction of sp³-hybridized carbons (Fsp3) is 0.235. The van der Waals surface area contributed by atoms with Crippen molar-refractivity contribution < 1.29 is 18.7 Å². The lowest BCUT2D eigenvalue weighted by molar-refractivity contribution is -0.143. The zero-order chi connectivity index (χ0) is 15.0. The highest BCUT2D eigenvalue weighted by atomic mass is 19.2. The van der Waals surface area contributed by atoms with Crippen LogP contribution in [0.4, 0.5) is 8.78 Å². The van der Waals surface area contributed by atoms with Gasteiger partial charge in [-0.25, -0.2) is 8.78 Å². The van der Waals surface area contributed by atoms with Gasteiger partial charge in [0, 0.05) is 0 Å². The Hall–Kier alpha value is -2.23. The molecule has 0 spiro atoms. The molecule has 1 atom stereocenters. The predicted molar refractivity (Wildman–Crippen MR) is 74.1 cm³/mol. The Kier molecular flexibility index (Phi) is 3.24. The normalized spacial score (nSPS) is 20.3. The maximum atomic E-state index is 13.4. The molecule has 0 aliphatic heterocycles. The van der Waals surface area contributed by atoms with Gasteiger partial charge < -0.3 is 5.11 Å². The maximum absolute atomic E-state index is 13.4. The van der Waals surface area contributed by atoms with Crippen LogP contribution in [0.15, 0.2) is 42.5 Å². The summed E-state index contributed by atoms with van der Waals surface area (Å²) in [4.78, 5) is 11.9. The molecule has 108 valence electrons. The van der Waals surface area contributed by atoms with E-state index in [0.717, 1.165) is 23.3 Å². The first kappa shape index (κ1) is 13.7. The van der Waals surface area contributed by atoms with Gasteiger partial charge in [0.2, 0.25) is 0 Å². The molecule has 3 rings (SSSR count). The molecular weight excluding hydrogens is 274 g/mol. The third kappa shape index (κ3) is 2.20. The van der Waals surface area contributed by atoms with Gasteiger partial charge in [-0.2, -0.15) is 0 Å². The number of fused-ring (bicyclic) bond motifs is 1. The van der Waals surface area contributed by atoms with Crippen molar-refractivity contribution in [3.05, 3.63) is 70.8 Å². The first-order chi connectivity index (χ1) is 10.0. The van der Waals surface area contributed by atoms with Crippen LogP contribution >= 0.6 is 0 Å². The molecule has 1 unspecified atom stereocenters. The number of rotatable bonds is 3. The standard InChI is InChI=1S/C17H14F2O2/c18-14-6-5-11(9-15(14)19)10-17(16(20)21)8-7-12-3-1-2-4-13(12)17/h1-6,9H,7-8,10H2,(H,20,21). The van der Waals surface area contributed by atoms with E-state index in [2.05, 4.69) is 0 Å².